The normalized spacial score (nSPS) is 14.9. The van der Waals surface area contributed by atoms with Crippen LogP contribution in [0.15, 0.2) is 48.7 Å². The molecule has 40 heavy (non-hydrogen) atoms. The molecule has 0 aliphatic carbocycles. The molecule has 1 amide bonds. The number of nitrogens with zero attached hydrogens (tertiary/aromatic N) is 3. The van der Waals surface area contributed by atoms with Crippen molar-refractivity contribution in [1.82, 2.24) is 20.2 Å². The van der Waals surface area contributed by atoms with Crippen molar-refractivity contribution in [2.75, 3.05) is 35.5 Å². The van der Waals surface area contributed by atoms with Crippen LogP contribution in [0.25, 0.3) is 0 Å². The van der Waals surface area contributed by atoms with E-state index in [1.807, 2.05) is 38.1 Å². The van der Waals surface area contributed by atoms with Gasteiger partial charge in [-0.15, -0.1) is 0 Å². The molecule has 4 N–H and O–H groups in total. The van der Waals surface area contributed by atoms with Gasteiger partial charge in [0.1, 0.15) is 5.82 Å². The van der Waals surface area contributed by atoms with Crippen LogP contribution in [0.3, 0.4) is 0 Å². The third kappa shape index (κ3) is 7.28. The molecule has 0 spiro atoms. The maximum Gasteiger partial charge on any atom is 0.251 e. The molecule has 1 aliphatic rings. The van der Waals surface area contributed by atoms with Crippen molar-refractivity contribution in [3.05, 3.63) is 65.4 Å². The molecule has 0 radical (unpaired) electrons. The Hall–Kier alpha value is -3.70. The van der Waals surface area contributed by atoms with Gasteiger partial charge in [0.05, 0.1) is 10.4 Å². The van der Waals surface area contributed by atoms with Gasteiger partial charge in [-0.1, -0.05) is 6.07 Å². The van der Waals surface area contributed by atoms with E-state index in [9.17, 15) is 13.2 Å². The van der Waals surface area contributed by atoms with Crippen molar-refractivity contribution in [3.63, 3.8) is 0 Å². The van der Waals surface area contributed by atoms with Crippen molar-refractivity contribution in [3.8, 4) is 0 Å². The van der Waals surface area contributed by atoms with E-state index >= 15 is 0 Å². The number of hydrogen-bond donors (Lipinski definition) is 4. The SMILES string of the molecule is Cc1ccc(Nc2nc(Nc3ccc(C(=O)NC4CCN(C)CC4)cc3)ncc2C)cc1NS(=O)(=O)C(C)(C)C. The summed E-state index contributed by atoms with van der Waals surface area (Å²) >= 11 is 0. The Morgan fingerprint density at radius 1 is 0.950 bits per heavy atom. The first-order chi connectivity index (χ1) is 18.8. The summed E-state index contributed by atoms with van der Waals surface area (Å²) in [6.45, 7) is 10.7. The summed E-state index contributed by atoms with van der Waals surface area (Å²) in [6.07, 6.45) is 3.62. The molecule has 1 aromatic heterocycles. The second-order valence-corrected chi connectivity index (χ2v) is 13.8. The molecular formula is C29H39N7O3S. The van der Waals surface area contributed by atoms with Gasteiger partial charge in [0.15, 0.2) is 0 Å². The number of carbonyl (C=O) groups excluding carboxylic acids is 1. The first kappa shape index (κ1) is 29.3. The number of aryl methyl sites for hydroxylation is 2. The molecule has 11 heteroatoms. The van der Waals surface area contributed by atoms with Gasteiger partial charge in [0.2, 0.25) is 16.0 Å². The highest BCUT2D eigenvalue weighted by molar-refractivity contribution is 7.94. The highest BCUT2D eigenvalue weighted by Crippen LogP contribution is 2.28. The second kappa shape index (κ2) is 11.8. The molecule has 3 aromatic rings. The molecule has 0 saturated carbocycles. The largest absolute Gasteiger partial charge is 0.349 e. The maximum atomic E-state index is 12.7. The quantitative estimate of drug-likeness (QED) is 0.302. The molecule has 1 saturated heterocycles. The number of hydrogen-bond acceptors (Lipinski definition) is 8. The molecule has 0 atom stereocenters. The molecule has 1 aliphatic heterocycles. The van der Waals surface area contributed by atoms with Crippen LogP contribution in [0.1, 0.15) is 55.1 Å². The Morgan fingerprint density at radius 3 is 2.25 bits per heavy atom. The van der Waals surface area contributed by atoms with E-state index in [0.29, 0.717) is 28.7 Å². The summed E-state index contributed by atoms with van der Waals surface area (Å²) in [6, 6.07) is 12.9. The van der Waals surface area contributed by atoms with Crippen LogP contribution in [0.5, 0.6) is 0 Å². The molecule has 214 valence electrons. The number of nitrogens with one attached hydrogen (secondary N) is 4. The summed E-state index contributed by atoms with van der Waals surface area (Å²) in [5.41, 5.74) is 4.18. The van der Waals surface area contributed by atoms with Gasteiger partial charge < -0.3 is 20.9 Å². The summed E-state index contributed by atoms with van der Waals surface area (Å²) in [5.74, 6) is 0.902. The van der Waals surface area contributed by atoms with Gasteiger partial charge >= 0.3 is 0 Å². The number of rotatable bonds is 8. The monoisotopic (exact) mass is 565 g/mol. The topological polar surface area (TPSA) is 128 Å². The molecule has 2 aromatic carbocycles. The van der Waals surface area contributed by atoms with Crippen molar-refractivity contribution < 1.29 is 13.2 Å². The number of benzene rings is 2. The summed E-state index contributed by atoms with van der Waals surface area (Å²) in [7, 11) is -1.47. The van der Waals surface area contributed by atoms with Crippen LogP contribution in [0.4, 0.5) is 28.8 Å². The van der Waals surface area contributed by atoms with E-state index < -0.39 is 14.8 Å². The Bertz CT molecular complexity index is 1460. The van der Waals surface area contributed by atoms with E-state index in [-0.39, 0.29) is 11.9 Å². The van der Waals surface area contributed by atoms with Crippen LogP contribution in [-0.4, -0.2) is 60.1 Å². The molecule has 2 heterocycles. The highest BCUT2D eigenvalue weighted by Gasteiger charge is 2.29. The predicted molar refractivity (Wildman–Crippen MR) is 161 cm³/mol. The molecule has 0 unspecified atom stereocenters. The Balaban J connectivity index is 1.43. The summed E-state index contributed by atoms with van der Waals surface area (Å²) in [4.78, 5) is 23.9. The Labute approximate surface area is 237 Å². The van der Waals surface area contributed by atoms with E-state index in [1.165, 1.54) is 0 Å². The Morgan fingerprint density at radius 2 is 1.60 bits per heavy atom. The van der Waals surface area contributed by atoms with Crippen LogP contribution in [0, 0.1) is 13.8 Å². The van der Waals surface area contributed by atoms with Gasteiger partial charge in [-0.05, 0) is 110 Å². The summed E-state index contributed by atoms with van der Waals surface area (Å²) < 4.78 is 27.1. The smallest absolute Gasteiger partial charge is 0.251 e. The van der Waals surface area contributed by atoms with Gasteiger partial charge in [0.25, 0.3) is 5.91 Å². The highest BCUT2D eigenvalue weighted by atomic mass is 32.2. The zero-order valence-corrected chi connectivity index (χ0v) is 24.8. The lowest BCUT2D eigenvalue weighted by molar-refractivity contribution is 0.0917. The molecule has 0 bridgehead atoms. The number of carbonyl (C=O) groups is 1. The average Bonchev–Trinajstić information content (AvgIpc) is 2.89. The number of aromatic nitrogens is 2. The lowest BCUT2D eigenvalue weighted by Crippen LogP contribution is -2.43. The predicted octanol–water partition coefficient (Wildman–Crippen LogP) is 4.94. The number of anilines is 5. The van der Waals surface area contributed by atoms with Crippen molar-refractivity contribution in [1.29, 1.82) is 0 Å². The third-order valence-electron chi connectivity index (χ3n) is 6.98. The van der Waals surface area contributed by atoms with Crippen molar-refractivity contribution >= 4 is 44.8 Å². The van der Waals surface area contributed by atoms with Crippen LogP contribution >= 0.6 is 0 Å². The number of likely N-dealkylation sites (tertiary alicyclic amines) is 1. The minimum Gasteiger partial charge on any atom is -0.349 e. The number of piperidine rings is 1. The van der Waals surface area contributed by atoms with Gasteiger partial charge in [0, 0.05) is 34.7 Å². The molecule has 4 rings (SSSR count). The fourth-order valence-electron chi connectivity index (χ4n) is 4.13. The third-order valence-corrected chi connectivity index (χ3v) is 9.08. The second-order valence-electron chi connectivity index (χ2n) is 11.4. The zero-order chi connectivity index (χ0) is 29.1. The van der Waals surface area contributed by atoms with Gasteiger partial charge in [-0.2, -0.15) is 4.98 Å². The van der Waals surface area contributed by atoms with Crippen LogP contribution < -0.4 is 20.7 Å². The van der Waals surface area contributed by atoms with Crippen molar-refractivity contribution in [2.45, 2.75) is 58.2 Å². The standard InChI is InChI=1S/C29H39N7O3S/c1-19-7-10-24(17-25(19)35-40(38,39)29(3,4)5)31-26-20(2)18-30-28(34-26)33-22-11-8-21(9-12-22)27(37)32-23-13-15-36(6)16-14-23/h7-12,17-18,23,35H,13-16H2,1-6H3,(H,32,37)(H2,30,31,33,34). The number of sulfonamides is 1. The zero-order valence-electron chi connectivity index (χ0n) is 24.0. The van der Waals surface area contributed by atoms with E-state index in [1.54, 1.807) is 45.2 Å². The lowest BCUT2D eigenvalue weighted by atomic mass is 10.0. The number of amides is 1. The van der Waals surface area contributed by atoms with Gasteiger partial charge in [-0.3, -0.25) is 9.52 Å². The van der Waals surface area contributed by atoms with E-state index in [2.05, 4.69) is 42.6 Å². The first-order valence-corrected chi connectivity index (χ1v) is 14.9. The fourth-order valence-corrected chi connectivity index (χ4v) is 4.94. The molecule has 1 fully saturated rings. The van der Waals surface area contributed by atoms with E-state index in [4.69, 9.17) is 0 Å². The van der Waals surface area contributed by atoms with Crippen LogP contribution in [0.2, 0.25) is 0 Å². The maximum absolute atomic E-state index is 12.7. The van der Waals surface area contributed by atoms with Crippen LogP contribution in [-0.2, 0) is 10.0 Å². The first-order valence-electron chi connectivity index (χ1n) is 13.4. The lowest BCUT2D eigenvalue weighted by Gasteiger charge is -2.29. The van der Waals surface area contributed by atoms with E-state index in [0.717, 1.165) is 42.7 Å². The van der Waals surface area contributed by atoms with Crippen molar-refractivity contribution in [2.24, 2.45) is 0 Å². The minimum atomic E-state index is -3.57. The summed E-state index contributed by atoms with van der Waals surface area (Å²) in [5, 5.41) is 9.59. The molecular weight excluding hydrogens is 526 g/mol. The minimum absolute atomic E-state index is 0.0681. The average molecular weight is 566 g/mol. The van der Waals surface area contributed by atoms with Gasteiger partial charge in [-0.25, -0.2) is 13.4 Å². The Kier molecular flexibility index (Phi) is 8.65. The molecule has 10 nitrogen and oxygen atoms in total. The fraction of sp³-hybridized carbons (Fsp3) is 0.414.